The molecule has 0 saturated heterocycles. The number of aromatic nitrogens is 1. The Balaban J connectivity index is 1.84. The van der Waals surface area contributed by atoms with Gasteiger partial charge in [-0.15, -0.1) is 0 Å². The Morgan fingerprint density at radius 2 is 1.65 bits per heavy atom. The highest BCUT2D eigenvalue weighted by Crippen LogP contribution is 2.38. The summed E-state index contributed by atoms with van der Waals surface area (Å²) in [4.78, 5) is 3.12. The van der Waals surface area contributed by atoms with Gasteiger partial charge in [0.25, 0.3) is 0 Å². The lowest BCUT2D eigenvalue weighted by Gasteiger charge is -2.28. The van der Waals surface area contributed by atoms with Gasteiger partial charge in [0.15, 0.2) is 0 Å². The third-order valence-corrected chi connectivity index (χ3v) is 4.99. The molecule has 3 rings (SSSR count). The molecule has 2 aromatic rings. The monoisotopic (exact) mass is 319 g/mol. The van der Waals surface area contributed by atoms with E-state index in [0.717, 1.165) is 30.4 Å². The van der Waals surface area contributed by atoms with Crippen LogP contribution in [0.25, 0.3) is 11.1 Å². The summed E-state index contributed by atoms with van der Waals surface area (Å²) in [6.45, 7) is 2.21. The Morgan fingerprint density at radius 1 is 0.957 bits per heavy atom. The molecule has 1 saturated carbocycles. The van der Waals surface area contributed by atoms with Gasteiger partial charge in [0, 0.05) is 11.1 Å². The predicted molar refractivity (Wildman–Crippen MR) is 84.5 cm³/mol. The van der Waals surface area contributed by atoms with Crippen LogP contribution < -0.4 is 0 Å². The lowest BCUT2D eigenvalue weighted by Crippen LogP contribution is -2.12. The van der Waals surface area contributed by atoms with Crippen molar-refractivity contribution in [3.63, 3.8) is 0 Å². The maximum Gasteiger partial charge on any atom is 0.223 e. The van der Waals surface area contributed by atoms with Gasteiger partial charge in [0.2, 0.25) is 11.9 Å². The lowest BCUT2D eigenvalue weighted by atomic mass is 9.77. The molecule has 0 bridgehead atoms. The zero-order valence-electron chi connectivity index (χ0n) is 13.2. The van der Waals surface area contributed by atoms with Gasteiger partial charge in [-0.2, -0.15) is 13.8 Å². The van der Waals surface area contributed by atoms with Crippen LogP contribution in [-0.2, 0) is 0 Å². The van der Waals surface area contributed by atoms with Crippen molar-refractivity contribution in [2.24, 2.45) is 5.92 Å². The van der Waals surface area contributed by atoms with Crippen LogP contribution in [0.4, 0.5) is 13.2 Å². The molecule has 0 aliphatic heterocycles. The Hall–Kier alpha value is -1.84. The largest absolute Gasteiger partial charge is 0.223 e. The van der Waals surface area contributed by atoms with E-state index in [9.17, 15) is 13.2 Å². The van der Waals surface area contributed by atoms with Crippen molar-refractivity contribution in [3.8, 4) is 11.1 Å². The Morgan fingerprint density at radius 3 is 2.26 bits per heavy atom. The zero-order valence-corrected chi connectivity index (χ0v) is 13.2. The van der Waals surface area contributed by atoms with Gasteiger partial charge in [0.1, 0.15) is 5.82 Å². The fraction of sp³-hybridized carbons (Fsp3) is 0.421. The van der Waals surface area contributed by atoms with Crippen molar-refractivity contribution in [1.29, 1.82) is 0 Å². The summed E-state index contributed by atoms with van der Waals surface area (Å²) in [5.41, 5.74) is 1.09. The smallest absolute Gasteiger partial charge is 0.206 e. The highest BCUT2D eigenvalue weighted by molar-refractivity contribution is 5.64. The van der Waals surface area contributed by atoms with Crippen LogP contribution >= 0.6 is 0 Å². The van der Waals surface area contributed by atoms with Crippen LogP contribution in [0.15, 0.2) is 30.3 Å². The molecule has 0 spiro atoms. The molecule has 1 nitrogen and oxygen atoms in total. The Kier molecular flexibility index (Phi) is 4.69. The van der Waals surface area contributed by atoms with E-state index in [2.05, 4.69) is 11.9 Å². The molecule has 0 unspecified atom stereocenters. The molecular weight excluding hydrogens is 299 g/mol. The number of pyridine rings is 1. The normalized spacial score (nSPS) is 21.4. The first-order valence-corrected chi connectivity index (χ1v) is 8.20. The molecular formula is C19H20F3N. The molecule has 1 aliphatic carbocycles. The van der Waals surface area contributed by atoms with Crippen molar-refractivity contribution >= 4 is 0 Å². The van der Waals surface area contributed by atoms with Gasteiger partial charge in [0.05, 0.1) is 0 Å². The summed E-state index contributed by atoms with van der Waals surface area (Å²) in [7, 11) is 0. The van der Waals surface area contributed by atoms with E-state index in [1.165, 1.54) is 31.4 Å². The van der Waals surface area contributed by atoms with Crippen LogP contribution in [-0.4, -0.2) is 4.98 Å². The van der Waals surface area contributed by atoms with E-state index in [1.807, 2.05) is 6.07 Å². The number of rotatable bonds is 3. The van der Waals surface area contributed by atoms with Crippen molar-refractivity contribution in [1.82, 2.24) is 4.98 Å². The number of halogens is 3. The number of hydrogen-bond donors (Lipinski definition) is 0. The summed E-state index contributed by atoms with van der Waals surface area (Å²) in [5, 5.41) is 0. The standard InChI is InChI=1S/C19H20F3N/c1-2-12-3-5-13(6-4-12)14-7-8-15(17(20)11-14)16-9-10-18(21)23-19(16)22/h7-13H,2-6H2,1H3. The van der Waals surface area contributed by atoms with Crippen LogP contribution in [0.1, 0.15) is 50.5 Å². The van der Waals surface area contributed by atoms with Crippen molar-refractivity contribution in [2.75, 3.05) is 0 Å². The van der Waals surface area contributed by atoms with E-state index < -0.39 is 17.7 Å². The summed E-state index contributed by atoms with van der Waals surface area (Å²) in [6, 6.07) is 7.20. The third kappa shape index (κ3) is 3.41. The average molecular weight is 319 g/mol. The molecule has 0 radical (unpaired) electrons. The number of hydrogen-bond acceptors (Lipinski definition) is 1. The predicted octanol–water partition coefficient (Wildman–Crippen LogP) is 5.85. The first-order chi connectivity index (χ1) is 11.1. The maximum absolute atomic E-state index is 14.4. The van der Waals surface area contributed by atoms with E-state index in [1.54, 1.807) is 6.07 Å². The molecule has 4 heteroatoms. The molecule has 1 fully saturated rings. The lowest BCUT2D eigenvalue weighted by molar-refractivity contribution is 0.318. The molecule has 122 valence electrons. The summed E-state index contributed by atoms with van der Waals surface area (Å²) >= 11 is 0. The molecule has 1 aromatic heterocycles. The second-order valence-corrected chi connectivity index (χ2v) is 6.34. The van der Waals surface area contributed by atoms with Crippen LogP contribution in [0, 0.1) is 23.6 Å². The fourth-order valence-electron chi connectivity index (χ4n) is 3.52. The molecule has 1 heterocycles. The average Bonchev–Trinajstić information content (AvgIpc) is 2.55. The highest BCUT2D eigenvalue weighted by atomic mass is 19.1. The fourth-order valence-corrected chi connectivity index (χ4v) is 3.52. The van der Waals surface area contributed by atoms with Gasteiger partial charge in [-0.1, -0.05) is 25.5 Å². The van der Waals surface area contributed by atoms with Gasteiger partial charge in [-0.05, 0) is 61.3 Å². The number of benzene rings is 1. The van der Waals surface area contributed by atoms with Gasteiger partial charge in [-0.3, -0.25) is 0 Å². The molecule has 0 N–H and O–H groups in total. The quantitative estimate of drug-likeness (QED) is 0.647. The van der Waals surface area contributed by atoms with Gasteiger partial charge in [-0.25, -0.2) is 4.39 Å². The van der Waals surface area contributed by atoms with E-state index in [-0.39, 0.29) is 11.1 Å². The Labute approximate surface area is 134 Å². The summed E-state index contributed by atoms with van der Waals surface area (Å²) in [6.07, 6.45) is 5.71. The van der Waals surface area contributed by atoms with Crippen LogP contribution in [0.3, 0.4) is 0 Å². The second-order valence-electron chi connectivity index (χ2n) is 6.34. The van der Waals surface area contributed by atoms with Gasteiger partial charge >= 0.3 is 0 Å². The first kappa shape index (κ1) is 16.0. The minimum Gasteiger partial charge on any atom is -0.206 e. The number of nitrogens with zero attached hydrogens (tertiary/aromatic N) is 1. The minimum atomic E-state index is -0.986. The zero-order chi connectivity index (χ0) is 16.4. The molecule has 0 amide bonds. The van der Waals surface area contributed by atoms with Crippen LogP contribution in [0.2, 0.25) is 0 Å². The molecule has 1 aromatic carbocycles. The minimum absolute atomic E-state index is 0.00913. The van der Waals surface area contributed by atoms with Crippen molar-refractivity contribution < 1.29 is 13.2 Å². The van der Waals surface area contributed by atoms with Gasteiger partial charge < -0.3 is 0 Å². The summed E-state index contributed by atoms with van der Waals surface area (Å²) < 4.78 is 41.0. The van der Waals surface area contributed by atoms with E-state index in [4.69, 9.17) is 0 Å². The van der Waals surface area contributed by atoms with Crippen LogP contribution in [0.5, 0.6) is 0 Å². The molecule has 0 atom stereocenters. The maximum atomic E-state index is 14.4. The van der Waals surface area contributed by atoms with E-state index in [0.29, 0.717) is 5.92 Å². The summed E-state index contributed by atoms with van der Waals surface area (Å²) in [5.74, 6) is -1.21. The Bertz CT molecular complexity index is 691. The SMILES string of the molecule is CCC1CCC(c2ccc(-c3ccc(F)nc3F)c(F)c2)CC1. The topological polar surface area (TPSA) is 12.9 Å². The molecule has 1 aliphatic rings. The third-order valence-electron chi connectivity index (χ3n) is 4.99. The van der Waals surface area contributed by atoms with Crippen molar-refractivity contribution in [3.05, 3.63) is 53.6 Å². The molecule has 23 heavy (non-hydrogen) atoms. The second kappa shape index (κ2) is 6.73. The highest BCUT2D eigenvalue weighted by Gasteiger charge is 2.22. The van der Waals surface area contributed by atoms with E-state index >= 15 is 0 Å². The van der Waals surface area contributed by atoms with Crippen molar-refractivity contribution in [2.45, 2.75) is 44.9 Å². The first-order valence-electron chi connectivity index (χ1n) is 8.20.